The van der Waals surface area contributed by atoms with Crippen molar-refractivity contribution < 1.29 is 14.6 Å². The van der Waals surface area contributed by atoms with Crippen molar-refractivity contribution in [3.63, 3.8) is 0 Å². The second kappa shape index (κ2) is 8.23. The zero-order valence-electron chi connectivity index (χ0n) is 13.9. The first-order chi connectivity index (χ1) is 12.1. The van der Waals surface area contributed by atoms with E-state index in [0.29, 0.717) is 25.3 Å². The molecular formula is C19H21ClN2O3. The third-order valence-corrected chi connectivity index (χ3v) is 4.58. The molecule has 2 aromatic carbocycles. The minimum atomic E-state index is -0.0536. The van der Waals surface area contributed by atoms with Crippen LogP contribution in [0.4, 0.5) is 0 Å². The maximum Gasteiger partial charge on any atom is 0.253 e. The number of para-hydroxylation sites is 1. The molecule has 0 bridgehead atoms. The number of rotatable bonds is 5. The molecule has 132 valence electrons. The number of ether oxygens (including phenoxy) is 1. The number of halogens is 1. The summed E-state index contributed by atoms with van der Waals surface area (Å²) in [5.41, 5.74) is 0.503. The largest absolute Gasteiger partial charge is 0.506 e. The Labute approximate surface area is 152 Å². The normalized spacial score (nSPS) is 15.2. The summed E-state index contributed by atoms with van der Waals surface area (Å²) < 4.78 is 5.72. The zero-order chi connectivity index (χ0) is 17.6. The summed E-state index contributed by atoms with van der Waals surface area (Å²) in [5.74, 6) is 0.809. The van der Waals surface area contributed by atoms with E-state index in [2.05, 4.69) is 4.90 Å². The lowest BCUT2D eigenvalue weighted by molar-refractivity contribution is 0.0620. The number of piperazine rings is 1. The predicted octanol–water partition coefficient (Wildman–Crippen LogP) is 2.88. The van der Waals surface area contributed by atoms with E-state index in [1.807, 2.05) is 35.2 Å². The fraction of sp³-hybridized carbons (Fsp3) is 0.316. The van der Waals surface area contributed by atoms with Gasteiger partial charge in [0, 0.05) is 38.3 Å². The van der Waals surface area contributed by atoms with Crippen LogP contribution in [0.15, 0.2) is 48.5 Å². The Hall–Kier alpha value is -2.24. The monoisotopic (exact) mass is 360 g/mol. The van der Waals surface area contributed by atoms with Crippen LogP contribution in [0, 0.1) is 0 Å². The quantitative estimate of drug-likeness (QED) is 0.890. The molecule has 1 aliphatic heterocycles. The molecule has 0 atom stereocenters. The number of phenols is 1. The minimum absolute atomic E-state index is 0.0125. The van der Waals surface area contributed by atoms with E-state index in [9.17, 15) is 9.90 Å². The average Bonchev–Trinajstić information content (AvgIpc) is 2.65. The van der Waals surface area contributed by atoms with Gasteiger partial charge < -0.3 is 14.7 Å². The van der Waals surface area contributed by atoms with Gasteiger partial charge in [-0.3, -0.25) is 9.69 Å². The third-order valence-electron chi connectivity index (χ3n) is 4.27. The van der Waals surface area contributed by atoms with Gasteiger partial charge in [0.2, 0.25) is 0 Å². The Bertz CT molecular complexity index is 716. The number of aromatic hydroxyl groups is 1. The Morgan fingerprint density at radius 3 is 2.48 bits per heavy atom. The van der Waals surface area contributed by atoms with E-state index in [0.717, 1.165) is 25.4 Å². The van der Waals surface area contributed by atoms with E-state index >= 15 is 0 Å². The van der Waals surface area contributed by atoms with Crippen molar-refractivity contribution >= 4 is 17.5 Å². The van der Waals surface area contributed by atoms with Crippen LogP contribution in [-0.2, 0) is 0 Å². The van der Waals surface area contributed by atoms with Crippen LogP contribution in [0.5, 0.6) is 11.5 Å². The number of amides is 1. The van der Waals surface area contributed by atoms with Gasteiger partial charge in [-0.05, 0) is 30.3 Å². The maximum atomic E-state index is 12.5. The van der Waals surface area contributed by atoms with Gasteiger partial charge in [0.15, 0.2) is 0 Å². The molecule has 0 aliphatic carbocycles. The second-order valence-corrected chi connectivity index (χ2v) is 6.37. The number of benzene rings is 2. The fourth-order valence-corrected chi connectivity index (χ4v) is 2.99. The smallest absolute Gasteiger partial charge is 0.253 e. The van der Waals surface area contributed by atoms with Crippen molar-refractivity contribution in [1.82, 2.24) is 9.80 Å². The highest BCUT2D eigenvalue weighted by Gasteiger charge is 2.22. The van der Waals surface area contributed by atoms with Gasteiger partial charge in [0.05, 0.1) is 5.02 Å². The summed E-state index contributed by atoms with van der Waals surface area (Å²) in [6.45, 7) is 4.43. The predicted molar refractivity (Wildman–Crippen MR) is 97.4 cm³/mol. The lowest BCUT2D eigenvalue weighted by Gasteiger charge is -2.34. The molecule has 0 spiro atoms. The zero-order valence-corrected chi connectivity index (χ0v) is 14.7. The van der Waals surface area contributed by atoms with Crippen LogP contribution in [0.2, 0.25) is 5.02 Å². The van der Waals surface area contributed by atoms with Crippen LogP contribution >= 0.6 is 11.6 Å². The number of hydrogen-bond acceptors (Lipinski definition) is 4. The van der Waals surface area contributed by atoms with Crippen molar-refractivity contribution in [3.05, 3.63) is 59.1 Å². The van der Waals surface area contributed by atoms with Crippen molar-refractivity contribution in [2.75, 3.05) is 39.3 Å². The fourth-order valence-electron chi connectivity index (χ4n) is 2.81. The minimum Gasteiger partial charge on any atom is -0.506 e. The molecule has 2 aromatic rings. The number of carbonyl (C=O) groups excluding carboxylic acids is 1. The Balaban J connectivity index is 1.45. The van der Waals surface area contributed by atoms with Crippen LogP contribution in [0.25, 0.3) is 0 Å². The van der Waals surface area contributed by atoms with Gasteiger partial charge in [-0.2, -0.15) is 0 Å². The van der Waals surface area contributed by atoms with E-state index in [-0.39, 0.29) is 16.7 Å². The molecule has 3 rings (SSSR count). The van der Waals surface area contributed by atoms with Gasteiger partial charge in [0.25, 0.3) is 5.91 Å². The van der Waals surface area contributed by atoms with E-state index in [1.54, 1.807) is 6.07 Å². The molecule has 5 nitrogen and oxygen atoms in total. The summed E-state index contributed by atoms with van der Waals surface area (Å²) in [4.78, 5) is 16.6. The van der Waals surface area contributed by atoms with Crippen molar-refractivity contribution in [1.29, 1.82) is 0 Å². The first kappa shape index (κ1) is 17.6. The van der Waals surface area contributed by atoms with Gasteiger partial charge in [-0.15, -0.1) is 0 Å². The molecule has 6 heteroatoms. The topological polar surface area (TPSA) is 53.0 Å². The average molecular weight is 361 g/mol. The van der Waals surface area contributed by atoms with E-state index in [4.69, 9.17) is 16.3 Å². The number of nitrogens with zero attached hydrogens (tertiary/aromatic N) is 2. The molecule has 1 saturated heterocycles. The molecule has 1 N–H and O–H groups in total. The molecule has 0 unspecified atom stereocenters. The summed E-state index contributed by atoms with van der Waals surface area (Å²) >= 11 is 5.88. The molecule has 0 aromatic heterocycles. The van der Waals surface area contributed by atoms with Gasteiger partial charge >= 0.3 is 0 Å². The third kappa shape index (κ3) is 4.65. The number of carbonyl (C=O) groups is 1. The molecular weight excluding hydrogens is 340 g/mol. The Kier molecular flexibility index (Phi) is 5.79. The Morgan fingerprint density at radius 1 is 1.08 bits per heavy atom. The molecule has 1 fully saturated rings. The lowest BCUT2D eigenvalue weighted by atomic mass is 10.1. The summed E-state index contributed by atoms with van der Waals surface area (Å²) in [7, 11) is 0. The van der Waals surface area contributed by atoms with Crippen LogP contribution in [-0.4, -0.2) is 60.1 Å². The molecule has 25 heavy (non-hydrogen) atoms. The SMILES string of the molecule is O=C(c1ccc(O)c(Cl)c1)N1CCN(CCOc2ccccc2)CC1. The first-order valence-corrected chi connectivity index (χ1v) is 8.69. The second-order valence-electron chi connectivity index (χ2n) is 5.96. The highest BCUT2D eigenvalue weighted by atomic mass is 35.5. The maximum absolute atomic E-state index is 12.5. The van der Waals surface area contributed by atoms with E-state index < -0.39 is 0 Å². The summed E-state index contributed by atoms with van der Waals surface area (Å²) in [6, 6.07) is 14.3. The van der Waals surface area contributed by atoms with Crippen LogP contribution < -0.4 is 4.74 Å². The van der Waals surface area contributed by atoms with Crippen molar-refractivity contribution in [3.8, 4) is 11.5 Å². The lowest BCUT2D eigenvalue weighted by Crippen LogP contribution is -2.49. The van der Waals surface area contributed by atoms with Crippen molar-refractivity contribution in [2.45, 2.75) is 0 Å². The number of phenolic OH excluding ortho intramolecular Hbond substituents is 1. The van der Waals surface area contributed by atoms with Crippen molar-refractivity contribution in [2.24, 2.45) is 0 Å². The molecule has 1 aliphatic rings. The van der Waals surface area contributed by atoms with Crippen LogP contribution in [0.1, 0.15) is 10.4 Å². The van der Waals surface area contributed by atoms with Gasteiger partial charge in [-0.25, -0.2) is 0 Å². The molecule has 0 saturated carbocycles. The molecule has 1 heterocycles. The summed E-state index contributed by atoms with van der Waals surface area (Å²) in [6.07, 6.45) is 0. The highest BCUT2D eigenvalue weighted by Crippen LogP contribution is 2.24. The molecule has 1 amide bonds. The highest BCUT2D eigenvalue weighted by molar-refractivity contribution is 6.32. The van der Waals surface area contributed by atoms with E-state index in [1.165, 1.54) is 12.1 Å². The van der Waals surface area contributed by atoms with Gasteiger partial charge in [0.1, 0.15) is 18.1 Å². The van der Waals surface area contributed by atoms with Gasteiger partial charge in [-0.1, -0.05) is 29.8 Å². The molecule has 0 radical (unpaired) electrons. The Morgan fingerprint density at radius 2 is 1.80 bits per heavy atom. The van der Waals surface area contributed by atoms with Crippen LogP contribution in [0.3, 0.4) is 0 Å². The summed E-state index contributed by atoms with van der Waals surface area (Å²) in [5, 5.41) is 9.66. The first-order valence-electron chi connectivity index (χ1n) is 8.31. The standard InChI is InChI=1S/C19H21ClN2O3/c20-17-14-15(6-7-18(17)23)19(24)22-10-8-21(9-11-22)12-13-25-16-4-2-1-3-5-16/h1-7,14,23H,8-13H2. The number of hydrogen-bond donors (Lipinski definition) is 1.